The van der Waals surface area contributed by atoms with Crippen molar-refractivity contribution in [2.75, 3.05) is 13.1 Å². The lowest BCUT2D eigenvalue weighted by Crippen LogP contribution is -2.51. The predicted molar refractivity (Wildman–Crippen MR) is 293 cm³/mol. The van der Waals surface area contributed by atoms with Gasteiger partial charge in [-0.15, -0.1) is 0 Å². The lowest BCUT2D eigenvalue weighted by atomic mass is 9.80. The molecule has 2 amide bonds. The summed E-state index contributed by atoms with van der Waals surface area (Å²) < 4.78 is 14.9. The maximum absolute atomic E-state index is 13.6. The van der Waals surface area contributed by atoms with Gasteiger partial charge in [0.25, 0.3) is 11.1 Å². The van der Waals surface area contributed by atoms with E-state index in [2.05, 4.69) is 0 Å². The van der Waals surface area contributed by atoms with Crippen LogP contribution in [0, 0.1) is 0 Å². The van der Waals surface area contributed by atoms with Crippen molar-refractivity contribution in [3.05, 3.63) is 219 Å². The molecule has 7 aromatic rings. The van der Waals surface area contributed by atoms with Crippen LogP contribution in [0.3, 0.4) is 0 Å². The van der Waals surface area contributed by atoms with Gasteiger partial charge in [0.15, 0.2) is 0 Å². The van der Waals surface area contributed by atoms with E-state index in [9.17, 15) is 34.5 Å². The SMILES string of the molecule is C[C@@H](c1ccc(-c2ccn(C)c(=O)c2)cc1)N(CC[C@@](O)(CC(C)(C)O)c1ccccc1)C(=O)Oc1ccccc1.C[C@@H](c1ccc(-c2ccn(C)c(=O)c2)cc1)N1CC[C@](CC(C)(C)O)(c2ccccc2)OC1=O. The van der Waals surface area contributed by atoms with Gasteiger partial charge in [-0.2, -0.15) is 0 Å². The van der Waals surface area contributed by atoms with Crippen LogP contribution in [0.5, 0.6) is 5.75 Å². The molecule has 1 aliphatic heterocycles. The van der Waals surface area contributed by atoms with Crippen LogP contribution in [0.4, 0.5) is 9.59 Å². The highest BCUT2D eigenvalue weighted by Crippen LogP contribution is 2.43. The van der Waals surface area contributed by atoms with Gasteiger partial charge in [0.05, 0.1) is 28.9 Å². The smallest absolute Gasteiger partial charge is 0.415 e. The average Bonchev–Trinajstić information content (AvgIpc) is 3.38. The summed E-state index contributed by atoms with van der Waals surface area (Å²) in [5, 5.41) is 33.0. The number of rotatable bonds is 16. The first-order valence-electron chi connectivity index (χ1n) is 25.4. The lowest BCUT2D eigenvalue weighted by molar-refractivity contribution is -0.101. The van der Waals surface area contributed by atoms with Gasteiger partial charge in [0, 0.05) is 71.0 Å². The fourth-order valence-corrected chi connectivity index (χ4v) is 9.81. The van der Waals surface area contributed by atoms with Crippen molar-refractivity contribution in [2.45, 2.75) is 102 Å². The zero-order valence-electron chi connectivity index (χ0n) is 44.2. The summed E-state index contributed by atoms with van der Waals surface area (Å²) >= 11 is 0. The van der Waals surface area contributed by atoms with Gasteiger partial charge in [0.1, 0.15) is 11.4 Å². The van der Waals surface area contributed by atoms with Gasteiger partial charge in [-0.1, -0.05) is 127 Å². The fourth-order valence-electron chi connectivity index (χ4n) is 9.81. The highest BCUT2D eigenvalue weighted by atomic mass is 16.6. The van der Waals surface area contributed by atoms with Crippen molar-refractivity contribution in [1.82, 2.24) is 18.9 Å². The molecule has 2 aromatic heterocycles. The summed E-state index contributed by atoms with van der Waals surface area (Å²) in [7, 11) is 3.43. The topological polar surface area (TPSA) is 164 Å². The van der Waals surface area contributed by atoms with E-state index in [0.29, 0.717) is 30.7 Å². The molecule has 392 valence electrons. The Bertz CT molecular complexity index is 3130. The molecule has 0 saturated carbocycles. The number of aryl methyl sites for hydroxylation is 2. The van der Waals surface area contributed by atoms with E-state index in [-0.39, 0.29) is 42.6 Å². The highest BCUT2D eigenvalue weighted by Gasteiger charge is 2.46. The summed E-state index contributed by atoms with van der Waals surface area (Å²) in [4.78, 5) is 54.2. The number of nitrogens with zero attached hydrogens (tertiary/aromatic N) is 4. The number of aliphatic hydroxyl groups is 3. The minimum absolute atomic E-state index is 0.0565. The molecule has 1 fully saturated rings. The molecular formula is C62H70N4O9. The molecule has 1 saturated heterocycles. The summed E-state index contributed by atoms with van der Waals surface area (Å²) in [6.45, 7) is 11.4. The molecule has 13 heteroatoms. The molecule has 0 aliphatic carbocycles. The van der Waals surface area contributed by atoms with Crippen LogP contribution in [0.2, 0.25) is 0 Å². The first kappa shape index (κ1) is 55.2. The molecule has 0 bridgehead atoms. The number of ether oxygens (including phenoxy) is 2. The summed E-state index contributed by atoms with van der Waals surface area (Å²) in [5.74, 6) is 0.422. The lowest BCUT2D eigenvalue weighted by Gasteiger charge is -2.45. The average molecular weight is 1020 g/mol. The highest BCUT2D eigenvalue weighted by molar-refractivity contribution is 5.72. The third kappa shape index (κ3) is 14.2. The van der Waals surface area contributed by atoms with E-state index in [1.807, 2.05) is 141 Å². The number of hydrogen-bond donors (Lipinski definition) is 3. The van der Waals surface area contributed by atoms with Gasteiger partial charge >= 0.3 is 12.2 Å². The third-order valence-corrected chi connectivity index (χ3v) is 13.9. The van der Waals surface area contributed by atoms with Crippen LogP contribution < -0.4 is 15.9 Å². The Morgan fingerprint density at radius 3 is 1.63 bits per heavy atom. The maximum Gasteiger partial charge on any atom is 0.415 e. The molecule has 8 rings (SSSR count). The maximum atomic E-state index is 13.6. The number of para-hydroxylation sites is 1. The molecule has 1 aliphatic rings. The zero-order chi connectivity index (χ0) is 54.1. The van der Waals surface area contributed by atoms with Crippen LogP contribution in [-0.2, 0) is 30.0 Å². The summed E-state index contributed by atoms with van der Waals surface area (Å²) in [5.41, 5.74) is 2.41. The molecule has 0 spiro atoms. The van der Waals surface area contributed by atoms with Crippen molar-refractivity contribution in [2.24, 2.45) is 14.1 Å². The number of aromatic nitrogens is 2. The Balaban J connectivity index is 0.000000222. The van der Waals surface area contributed by atoms with Crippen LogP contribution in [0.25, 0.3) is 22.3 Å². The van der Waals surface area contributed by atoms with E-state index in [4.69, 9.17) is 9.47 Å². The zero-order valence-corrected chi connectivity index (χ0v) is 44.2. The Hall–Kier alpha value is -7.58. The molecule has 3 N–H and O–H groups in total. The van der Waals surface area contributed by atoms with Gasteiger partial charge in [-0.25, -0.2) is 9.59 Å². The largest absolute Gasteiger partial charge is 0.438 e. The molecule has 0 radical (unpaired) electrons. The molecular weight excluding hydrogens is 945 g/mol. The minimum atomic E-state index is -1.38. The van der Waals surface area contributed by atoms with Crippen molar-refractivity contribution < 1.29 is 34.4 Å². The van der Waals surface area contributed by atoms with Gasteiger partial charge in [-0.05, 0) is 117 Å². The second kappa shape index (κ2) is 23.3. The Labute approximate surface area is 439 Å². The molecule has 5 aromatic carbocycles. The number of amides is 2. The Kier molecular flexibility index (Phi) is 17.2. The van der Waals surface area contributed by atoms with E-state index in [1.54, 1.807) is 100 Å². The van der Waals surface area contributed by atoms with Crippen molar-refractivity contribution in [3.8, 4) is 28.0 Å². The predicted octanol–water partition coefficient (Wildman–Crippen LogP) is 11.1. The fraction of sp³-hybridized carbons (Fsp3) is 0.323. The number of carbonyl (C=O) groups is 2. The van der Waals surface area contributed by atoms with E-state index < -0.39 is 34.5 Å². The number of pyridine rings is 2. The number of benzene rings is 5. The van der Waals surface area contributed by atoms with E-state index >= 15 is 0 Å². The monoisotopic (exact) mass is 1010 g/mol. The standard InChI is InChI=1S/C34H38N2O5.C28H32N2O4/c1-25(26-15-17-27(18-16-26)28-19-21-35(4)31(37)23-28)36(32(38)41-30-13-9-6-10-14-30)22-20-34(40,24-33(2,3)39)29-11-7-5-8-12-29;1-20(21-10-12-22(13-11-21)23-14-16-29(4)25(31)18-23)30-17-15-28(34-26(30)32,19-27(2,3)33)24-8-6-5-7-9-24/h5-19,21,23,25,39-40H,20,22,24H2,1-4H3;5-14,16,18,20,33H,15,17,19H2,1-4H3/t25-,34+;20-,28-/m00/s1. The van der Waals surface area contributed by atoms with Crippen LogP contribution in [0.15, 0.2) is 186 Å². The Morgan fingerprint density at radius 2 is 1.15 bits per heavy atom. The van der Waals surface area contributed by atoms with Gasteiger partial charge in [0.2, 0.25) is 0 Å². The third-order valence-electron chi connectivity index (χ3n) is 13.9. The molecule has 4 atom stereocenters. The van der Waals surface area contributed by atoms with E-state index in [0.717, 1.165) is 38.9 Å². The van der Waals surface area contributed by atoms with Crippen molar-refractivity contribution in [1.29, 1.82) is 0 Å². The number of hydrogen-bond acceptors (Lipinski definition) is 9. The molecule has 0 unspecified atom stereocenters. The number of carbonyl (C=O) groups excluding carboxylic acids is 2. The van der Waals surface area contributed by atoms with Gasteiger partial charge in [-0.3, -0.25) is 9.59 Å². The minimum Gasteiger partial charge on any atom is -0.438 e. The molecule has 75 heavy (non-hydrogen) atoms. The van der Waals surface area contributed by atoms with E-state index in [1.165, 1.54) is 9.13 Å². The van der Waals surface area contributed by atoms with Crippen LogP contribution in [-0.4, -0.2) is 70.7 Å². The normalized spacial score (nSPS) is 16.4. The van der Waals surface area contributed by atoms with Crippen LogP contribution >= 0.6 is 0 Å². The van der Waals surface area contributed by atoms with Crippen LogP contribution in [0.1, 0.15) is 102 Å². The first-order valence-corrected chi connectivity index (χ1v) is 25.4. The second-order valence-electron chi connectivity index (χ2n) is 21.0. The first-order chi connectivity index (χ1) is 35.5. The van der Waals surface area contributed by atoms with Gasteiger partial charge < -0.3 is 43.7 Å². The number of cyclic esters (lactones) is 1. The van der Waals surface area contributed by atoms with Crippen molar-refractivity contribution >= 4 is 12.2 Å². The second-order valence-corrected chi connectivity index (χ2v) is 21.0. The van der Waals surface area contributed by atoms with Crippen molar-refractivity contribution in [3.63, 3.8) is 0 Å². The molecule has 3 heterocycles. The summed E-state index contributed by atoms with van der Waals surface area (Å²) in [6.07, 6.45) is 3.74. The molecule has 13 nitrogen and oxygen atoms in total. The summed E-state index contributed by atoms with van der Waals surface area (Å²) in [6, 6.07) is 49.8. The quantitative estimate of drug-likeness (QED) is 0.0855. The Morgan fingerprint density at radius 1 is 0.653 bits per heavy atom.